The Balaban J connectivity index is 3.02. The predicted octanol–water partition coefficient (Wildman–Crippen LogP) is 0.956. The molecule has 0 unspecified atom stereocenters. The summed E-state index contributed by atoms with van der Waals surface area (Å²) < 4.78 is 21.2. The van der Waals surface area contributed by atoms with Gasteiger partial charge >= 0.3 is 5.91 Å². The van der Waals surface area contributed by atoms with E-state index in [9.17, 15) is 13.2 Å². The molecule has 0 spiro atoms. The number of rotatable bonds is 2. The predicted molar refractivity (Wildman–Crippen MR) is 57.4 cm³/mol. The number of carbonyl (C=O) groups is 1. The Kier molecular flexibility index (Phi) is 3.87. The molecule has 0 aliphatic heterocycles. The molecule has 0 N–H and O–H groups in total. The first-order chi connectivity index (χ1) is 7.56. The van der Waals surface area contributed by atoms with E-state index in [0.717, 1.165) is 5.01 Å². The molecule has 0 fully saturated rings. The van der Waals surface area contributed by atoms with Crippen LogP contribution in [0.4, 0.5) is 0 Å². The lowest BCUT2D eigenvalue weighted by molar-refractivity contribution is -0.126. The third-order valence-corrected chi connectivity index (χ3v) is 2.57. The van der Waals surface area contributed by atoms with Crippen LogP contribution in [0.1, 0.15) is 13.3 Å². The van der Waals surface area contributed by atoms with Crippen LogP contribution >= 0.6 is 0 Å². The largest absolute Gasteiger partial charge is 0.314 e. The lowest BCUT2D eigenvalue weighted by atomic mass is 10.1. The molecule has 1 rings (SSSR count). The molecule has 1 aliphatic carbocycles. The molecule has 1 amide bonds. The molecule has 1 aliphatic rings. The van der Waals surface area contributed by atoms with E-state index in [1.54, 1.807) is 0 Å². The molecule has 7 nitrogen and oxygen atoms in total. The Bertz CT molecular complexity index is 542. The first kappa shape index (κ1) is 12.0. The fraction of sp³-hybridized carbons (Fsp3) is 0.250. The minimum atomic E-state index is -2.27. The Morgan fingerprint density at radius 1 is 1.56 bits per heavy atom. The molecule has 16 heavy (non-hydrogen) atoms. The monoisotopic (exact) mass is 240 g/mol. The van der Waals surface area contributed by atoms with E-state index in [1.807, 2.05) is 0 Å². The third-order valence-electron chi connectivity index (χ3n) is 1.84. The maximum Gasteiger partial charge on any atom is 0.314 e. The molecule has 0 atom stereocenters. The Morgan fingerprint density at radius 2 is 2.25 bits per heavy atom. The van der Waals surface area contributed by atoms with Crippen molar-refractivity contribution in [3.05, 3.63) is 34.4 Å². The number of azide groups is 1. The fourth-order valence-corrected chi connectivity index (χ4v) is 1.54. The van der Waals surface area contributed by atoms with Crippen molar-refractivity contribution in [2.24, 2.45) is 5.22 Å². The van der Waals surface area contributed by atoms with Gasteiger partial charge in [-0.25, -0.2) is 4.79 Å². The molecule has 0 aromatic rings. The van der Waals surface area contributed by atoms with Crippen LogP contribution in [-0.4, -0.2) is 24.2 Å². The quantitative estimate of drug-likeness (QED) is 0.236. The van der Waals surface area contributed by atoms with Crippen molar-refractivity contribution in [2.45, 2.75) is 13.3 Å². The van der Waals surface area contributed by atoms with Crippen molar-refractivity contribution in [1.29, 1.82) is 0 Å². The number of allylic oxidation sites excluding steroid dienone is 3. The summed E-state index contributed by atoms with van der Waals surface area (Å²) in [4.78, 5) is 13.8. The van der Waals surface area contributed by atoms with E-state index in [2.05, 4.69) is 10.1 Å². The van der Waals surface area contributed by atoms with Crippen LogP contribution in [0.5, 0.6) is 0 Å². The summed E-state index contributed by atoms with van der Waals surface area (Å²) in [6, 6.07) is 0. The highest BCUT2D eigenvalue weighted by atomic mass is 32.2. The van der Waals surface area contributed by atoms with Crippen LogP contribution in [0, 0.1) is 0 Å². The minimum Gasteiger partial charge on any atom is -0.246 e. The normalized spacial score (nSPS) is 13.8. The molecular weight excluding hydrogens is 232 g/mol. The van der Waals surface area contributed by atoms with Crippen LogP contribution in [0.2, 0.25) is 0 Å². The number of carbonyl (C=O) groups excluding carboxylic acids is 1. The summed E-state index contributed by atoms with van der Waals surface area (Å²) in [5, 5.41) is 4.06. The average Bonchev–Trinajstić information content (AvgIpc) is 2.25. The zero-order chi connectivity index (χ0) is 12.1. The summed E-state index contributed by atoms with van der Waals surface area (Å²) in [7, 11) is -2.27. The molecule has 0 aromatic carbocycles. The summed E-state index contributed by atoms with van der Waals surface area (Å²) in [5.41, 5.74) is 8.63. The first-order valence-corrected chi connectivity index (χ1v) is 5.32. The van der Waals surface area contributed by atoms with E-state index < -0.39 is 16.2 Å². The average molecular weight is 240 g/mol. The number of hydrogen-bond acceptors (Lipinski definition) is 4. The molecule has 8 heteroatoms. The highest BCUT2D eigenvalue weighted by molar-refractivity contribution is 7.73. The van der Waals surface area contributed by atoms with Gasteiger partial charge in [0.2, 0.25) is 10.3 Å². The van der Waals surface area contributed by atoms with E-state index >= 15 is 0 Å². The van der Waals surface area contributed by atoms with Crippen molar-refractivity contribution < 1.29 is 13.2 Å². The highest BCUT2D eigenvalue weighted by Crippen LogP contribution is 2.13. The van der Waals surface area contributed by atoms with Gasteiger partial charge in [-0.05, 0) is 23.5 Å². The van der Waals surface area contributed by atoms with Crippen LogP contribution < -0.4 is 0 Å². The molecule has 0 saturated carbocycles. The van der Waals surface area contributed by atoms with E-state index in [1.165, 1.54) is 25.2 Å². The molecule has 0 radical (unpaired) electrons. The lowest BCUT2D eigenvalue weighted by Gasteiger charge is -2.11. The highest BCUT2D eigenvalue weighted by Gasteiger charge is 2.18. The van der Waals surface area contributed by atoms with Gasteiger partial charge in [0.1, 0.15) is 5.70 Å². The summed E-state index contributed by atoms with van der Waals surface area (Å²) in [6.07, 6.45) is 4.44. The lowest BCUT2D eigenvalue weighted by Crippen LogP contribution is -2.22. The molecule has 0 bridgehead atoms. The standard InChI is InChI=1S/C8H8N4O3S/c1-6(13)12(11-10-9)7-2-4-8(5-3-7)16(14)15/h2-4H,5H2,1H3. The Hall–Kier alpha value is -2.05. The summed E-state index contributed by atoms with van der Waals surface area (Å²) in [5.74, 6) is -0.444. The second kappa shape index (κ2) is 5.15. The van der Waals surface area contributed by atoms with Gasteiger partial charge in [0.15, 0.2) is 0 Å². The topological polar surface area (TPSA) is 103 Å². The van der Waals surface area contributed by atoms with Gasteiger partial charge in [-0.2, -0.15) is 13.3 Å². The van der Waals surface area contributed by atoms with E-state index in [4.69, 9.17) is 5.53 Å². The number of hydrogen-bond donors (Lipinski definition) is 0. The molecule has 84 valence electrons. The van der Waals surface area contributed by atoms with Crippen molar-refractivity contribution >= 4 is 21.1 Å². The van der Waals surface area contributed by atoms with Gasteiger partial charge < -0.3 is 0 Å². The fourth-order valence-electron chi connectivity index (χ4n) is 1.14. The van der Waals surface area contributed by atoms with Crippen LogP contribution in [-0.2, 0) is 15.1 Å². The Morgan fingerprint density at radius 3 is 2.62 bits per heavy atom. The van der Waals surface area contributed by atoms with Crippen LogP contribution in [0.25, 0.3) is 10.4 Å². The van der Waals surface area contributed by atoms with Gasteiger partial charge in [0.25, 0.3) is 0 Å². The second-order valence-electron chi connectivity index (χ2n) is 2.88. The number of amides is 1. The van der Waals surface area contributed by atoms with E-state index in [-0.39, 0.29) is 11.3 Å². The molecular formula is C8H8N4O3S. The van der Waals surface area contributed by atoms with Gasteiger partial charge in [-0.1, -0.05) is 0 Å². The molecule has 0 aromatic heterocycles. The van der Waals surface area contributed by atoms with E-state index in [0.29, 0.717) is 5.70 Å². The zero-order valence-electron chi connectivity index (χ0n) is 8.36. The maximum absolute atomic E-state index is 11.1. The van der Waals surface area contributed by atoms with Crippen LogP contribution in [0.15, 0.2) is 29.1 Å². The van der Waals surface area contributed by atoms with Crippen molar-refractivity contribution in [1.82, 2.24) is 5.01 Å². The minimum absolute atomic E-state index is 0.173. The summed E-state index contributed by atoms with van der Waals surface area (Å²) in [6.45, 7) is 1.24. The van der Waals surface area contributed by atoms with Gasteiger partial charge in [0, 0.05) is 13.3 Å². The van der Waals surface area contributed by atoms with Gasteiger partial charge in [0.05, 0.1) is 4.86 Å². The maximum atomic E-state index is 11.1. The molecule has 0 heterocycles. The van der Waals surface area contributed by atoms with Gasteiger partial charge in [-0.3, -0.25) is 0 Å². The summed E-state index contributed by atoms with van der Waals surface area (Å²) >= 11 is 0. The molecule has 0 saturated heterocycles. The third kappa shape index (κ3) is 2.72. The SMILES string of the molecule is CC(=O)N(N=[N+]=[N-])C1=CCC(=S(=O)=O)C=C1. The first-order valence-electron chi connectivity index (χ1n) is 4.25. The smallest absolute Gasteiger partial charge is 0.246 e. The number of nitrogens with zero attached hydrogens (tertiary/aromatic N) is 4. The zero-order valence-corrected chi connectivity index (χ0v) is 9.18. The van der Waals surface area contributed by atoms with Crippen molar-refractivity contribution in [3.63, 3.8) is 0 Å². The Labute approximate surface area is 92.8 Å². The van der Waals surface area contributed by atoms with Crippen LogP contribution in [0.3, 0.4) is 0 Å². The van der Waals surface area contributed by atoms with Crippen molar-refractivity contribution in [3.8, 4) is 0 Å². The van der Waals surface area contributed by atoms with Gasteiger partial charge in [-0.15, -0.1) is 10.5 Å². The van der Waals surface area contributed by atoms with Crippen molar-refractivity contribution in [2.75, 3.05) is 0 Å². The second-order valence-corrected chi connectivity index (χ2v) is 3.87.